The van der Waals surface area contributed by atoms with E-state index in [0.717, 1.165) is 0 Å². The van der Waals surface area contributed by atoms with Crippen molar-refractivity contribution in [3.8, 4) is 0 Å². The number of carboxylic acid groups (broad SMARTS) is 1. The van der Waals surface area contributed by atoms with Gasteiger partial charge in [-0.15, -0.1) is 0 Å². The number of aryl methyl sites for hydroxylation is 1. The Balaban J connectivity index is 2.34. The first-order valence-electron chi connectivity index (χ1n) is 7.45. The molecule has 2 aromatic rings. The van der Waals surface area contributed by atoms with E-state index in [1.165, 1.54) is 22.8 Å². The van der Waals surface area contributed by atoms with Crippen molar-refractivity contribution in [2.75, 3.05) is 0 Å². The van der Waals surface area contributed by atoms with Crippen LogP contribution in [0.2, 0.25) is 0 Å². The zero-order valence-corrected chi connectivity index (χ0v) is 14.5. The summed E-state index contributed by atoms with van der Waals surface area (Å²) < 4.78 is 34.0. The van der Waals surface area contributed by atoms with Crippen LogP contribution in [0.1, 0.15) is 33.6 Å². The summed E-state index contributed by atoms with van der Waals surface area (Å²) in [5, 5.41) is 8.74. The molecule has 0 amide bonds. The maximum absolute atomic E-state index is 12.5. The van der Waals surface area contributed by atoms with Crippen molar-refractivity contribution < 1.29 is 22.7 Å². The van der Waals surface area contributed by atoms with E-state index in [4.69, 9.17) is 9.52 Å². The fourth-order valence-electron chi connectivity index (χ4n) is 2.41. The minimum Gasteiger partial charge on any atom is -0.481 e. The molecule has 1 heterocycles. The van der Waals surface area contributed by atoms with Crippen LogP contribution in [0.25, 0.3) is 11.1 Å². The molecule has 8 nitrogen and oxygen atoms in total. The molecular weight excluding hydrogens is 336 g/mol. The van der Waals surface area contributed by atoms with Crippen molar-refractivity contribution in [1.29, 1.82) is 0 Å². The third kappa shape index (κ3) is 3.85. The van der Waals surface area contributed by atoms with Crippen molar-refractivity contribution in [2.24, 2.45) is 0 Å². The highest BCUT2D eigenvalue weighted by Gasteiger charge is 2.27. The maximum atomic E-state index is 12.5. The molecule has 0 aliphatic carbocycles. The molecule has 0 saturated heterocycles. The first kappa shape index (κ1) is 18.2. The monoisotopic (exact) mass is 356 g/mol. The standard InChI is InChI=1S/C15H20N2O6S/c1-4-17-11-6-5-10(9-12(11)23-14(17)20)24(21,22)16-15(2,3)8-7-13(18)19/h5-6,9,16H,4,7-8H2,1-3H3,(H,18,19). The smallest absolute Gasteiger partial charge is 0.419 e. The Morgan fingerprint density at radius 1 is 1.38 bits per heavy atom. The summed E-state index contributed by atoms with van der Waals surface area (Å²) in [5.41, 5.74) is -0.220. The topological polar surface area (TPSA) is 119 Å². The van der Waals surface area contributed by atoms with Gasteiger partial charge < -0.3 is 9.52 Å². The van der Waals surface area contributed by atoms with Gasteiger partial charge in [-0.25, -0.2) is 17.9 Å². The average molecular weight is 356 g/mol. The van der Waals surface area contributed by atoms with Gasteiger partial charge in [0.05, 0.1) is 10.4 Å². The number of hydrogen-bond donors (Lipinski definition) is 2. The highest BCUT2D eigenvalue weighted by molar-refractivity contribution is 7.89. The second-order valence-corrected chi connectivity index (χ2v) is 7.81. The number of rotatable bonds is 7. The van der Waals surface area contributed by atoms with E-state index in [0.29, 0.717) is 12.1 Å². The minimum atomic E-state index is -3.88. The summed E-state index contributed by atoms with van der Waals surface area (Å²) in [4.78, 5) is 22.3. The number of nitrogens with one attached hydrogen (secondary N) is 1. The number of aliphatic carboxylic acids is 1. The Hall–Kier alpha value is -2.13. The molecule has 1 aromatic carbocycles. The zero-order chi connectivity index (χ0) is 18.1. The van der Waals surface area contributed by atoms with E-state index in [1.807, 2.05) is 0 Å². The molecule has 0 aliphatic rings. The van der Waals surface area contributed by atoms with Crippen LogP contribution in [0, 0.1) is 0 Å². The lowest BCUT2D eigenvalue weighted by molar-refractivity contribution is -0.137. The normalized spacial score (nSPS) is 12.6. The summed E-state index contributed by atoms with van der Waals surface area (Å²) in [6.07, 6.45) is -0.00607. The van der Waals surface area contributed by atoms with E-state index in [1.54, 1.807) is 20.8 Å². The van der Waals surface area contributed by atoms with Crippen LogP contribution >= 0.6 is 0 Å². The second kappa shape index (κ2) is 6.40. The fraction of sp³-hybridized carbons (Fsp3) is 0.467. The van der Waals surface area contributed by atoms with Crippen LogP contribution in [0.4, 0.5) is 0 Å². The van der Waals surface area contributed by atoms with Gasteiger partial charge >= 0.3 is 11.7 Å². The predicted molar refractivity (Wildman–Crippen MR) is 87.4 cm³/mol. The highest BCUT2D eigenvalue weighted by Crippen LogP contribution is 2.21. The third-order valence-corrected chi connectivity index (χ3v) is 5.34. The van der Waals surface area contributed by atoms with E-state index >= 15 is 0 Å². The van der Waals surface area contributed by atoms with Crippen molar-refractivity contribution in [3.63, 3.8) is 0 Å². The molecule has 24 heavy (non-hydrogen) atoms. The lowest BCUT2D eigenvalue weighted by Gasteiger charge is -2.25. The number of benzene rings is 1. The minimum absolute atomic E-state index is 0.0459. The fourth-order valence-corrected chi connectivity index (χ4v) is 3.86. The van der Waals surface area contributed by atoms with Gasteiger partial charge in [-0.2, -0.15) is 0 Å². The molecule has 0 atom stereocenters. The number of oxazole rings is 1. The predicted octanol–water partition coefficient (Wildman–Crippen LogP) is 1.54. The van der Waals surface area contributed by atoms with Crippen LogP contribution in [0.15, 0.2) is 32.3 Å². The first-order chi connectivity index (χ1) is 11.1. The Kier molecular flexibility index (Phi) is 4.86. The van der Waals surface area contributed by atoms with Crippen molar-refractivity contribution >= 4 is 27.1 Å². The quantitative estimate of drug-likeness (QED) is 0.777. The van der Waals surface area contributed by atoms with Crippen LogP contribution in [0.5, 0.6) is 0 Å². The SMILES string of the molecule is CCn1c(=O)oc2cc(S(=O)(=O)NC(C)(C)CCC(=O)O)ccc21. The molecule has 0 radical (unpaired) electrons. The van der Waals surface area contributed by atoms with Gasteiger partial charge in [-0.1, -0.05) is 0 Å². The molecule has 0 unspecified atom stereocenters. The molecule has 132 valence electrons. The van der Waals surface area contributed by atoms with Crippen LogP contribution in [-0.4, -0.2) is 29.6 Å². The molecule has 1 aromatic heterocycles. The maximum Gasteiger partial charge on any atom is 0.419 e. The van der Waals surface area contributed by atoms with Crippen molar-refractivity contribution in [3.05, 3.63) is 28.7 Å². The van der Waals surface area contributed by atoms with Gasteiger partial charge in [0.15, 0.2) is 5.58 Å². The Bertz CT molecular complexity index is 923. The molecule has 0 bridgehead atoms. The number of sulfonamides is 1. The highest BCUT2D eigenvalue weighted by atomic mass is 32.2. The summed E-state index contributed by atoms with van der Waals surface area (Å²) in [6, 6.07) is 4.19. The number of aromatic nitrogens is 1. The van der Waals surface area contributed by atoms with Gasteiger partial charge in [0.2, 0.25) is 10.0 Å². The Morgan fingerprint density at radius 3 is 2.62 bits per heavy atom. The summed E-state index contributed by atoms with van der Waals surface area (Å²) >= 11 is 0. The Morgan fingerprint density at radius 2 is 2.04 bits per heavy atom. The molecule has 2 N–H and O–H groups in total. The van der Waals surface area contributed by atoms with Crippen LogP contribution in [0.3, 0.4) is 0 Å². The van der Waals surface area contributed by atoms with Crippen LogP contribution < -0.4 is 10.5 Å². The first-order valence-corrected chi connectivity index (χ1v) is 8.93. The molecule has 0 fully saturated rings. The number of nitrogens with zero attached hydrogens (tertiary/aromatic N) is 1. The molecule has 0 saturated carbocycles. The van der Waals surface area contributed by atoms with Crippen molar-refractivity contribution in [2.45, 2.75) is 50.6 Å². The number of hydrogen-bond acceptors (Lipinski definition) is 5. The van der Waals surface area contributed by atoms with E-state index in [-0.39, 0.29) is 23.3 Å². The molecule has 0 spiro atoms. The molecular formula is C15H20N2O6S. The number of fused-ring (bicyclic) bond motifs is 1. The van der Waals surface area contributed by atoms with E-state index in [2.05, 4.69) is 4.72 Å². The summed E-state index contributed by atoms with van der Waals surface area (Å²) in [5.74, 6) is -1.54. The summed E-state index contributed by atoms with van der Waals surface area (Å²) in [6.45, 7) is 5.42. The second-order valence-electron chi connectivity index (χ2n) is 6.12. The van der Waals surface area contributed by atoms with Gasteiger partial charge in [0, 0.05) is 24.6 Å². The summed E-state index contributed by atoms with van der Waals surface area (Å²) in [7, 11) is -3.88. The number of carbonyl (C=O) groups is 1. The molecule has 2 rings (SSSR count). The lowest BCUT2D eigenvalue weighted by atomic mass is 10.0. The van der Waals surface area contributed by atoms with Crippen LogP contribution in [-0.2, 0) is 21.4 Å². The average Bonchev–Trinajstić information content (AvgIpc) is 2.78. The van der Waals surface area contributed by atoms with Gasteiger partial charge in [0.25, 0.3) is 0 Å². The molecule has 0 aliphatic heterocycles. The van der Waals surface area contributed by atoms with Gasteiger partial charge in [0.1, 0.15) is 0 Å². The van der Waals surface area contributed by atoms with Gasteiger partial charge in [-0.3, -0.25) is 9.36 Å². The zero-order valence-electron chi connectivity index (χ0n) is 13.7. The Labute approximate surface area is 139 Å². The third-order valence-electron chi connectivity index (χ3n) is 3.64. The number of carboxylic acids is 1. The van der Waals surface area contributed by atoms with E-state index in [9.17, 15) is 18.0 Å². The lowest BCUT2D eigenvalue weighted by Crippen LogP contribution is -2.43. The van der Waals surface area contributed by atoms with E-state index < -0.39 is 27.3 Å². The molecule has 9 heteroatoms. The van der Waals surface area contributed by atoms with Gasteiger partial charge in [-0.05, 0) is 39.3 Å². The largest absolute Gasteiger partial charge is 0.481 e. The van der Waals surface area contributed by atoms with Crippen molar-refractivity contribution in [1.82, 2.24) is 9.29 Å².